The first-order valence-corrected chi connectivity index (χ1v) is 11.1. The van der Waals surface area contributed by atoms with E-state index in [0.717, 1.165) is 69.5 Å². The van der Waals surface area contributed by atoms with Gasteiger partial charge in [0.25, 0.3) is 5.91 Å². The van der Waals surface area contributed by atoms with Crippen LogP contribution in [0.3, 0.4) is 0 Å². The molecule has 2 aliphatic rings. The minimum Gasteiger partial charge on any atom is -0.336 e. The second kappa shape index (κ2) is 8.11. The highest BCUT2D eigenvalue weighted by Gasteiger charge is 2.31. The number of fused-ring (bicyclic) bond motifs is 1. The number of likely N-dealkylation sites (tertiary alicyclic amines) is 1. The van der Waals surface area contributed by atoms with Crippen LogP contribution in [0.1, 0.15) is 65.2 Å². The molecule has 1 saturated heterocycles. The lowest BCUT2D eigenvalue weighted by Crippen LogP contribution is -2.36. The van der Waals surface area contributed by atoms with Gasteiger partial charge in [0.05, 0.1) is 11.3 Å². The number of thiophene rings is 1. The topological polar surface area (TPSA) is 36.4 Å². The van der Waals surface area contributed by atoms with E-state index in [0.29, 0.717) is 6.04 Å². The number of carbonyl (C=O) groups excluding carboxylic acids is 1. The van der Waals surface area contributed by atoms with Gasteiger partial charge in [0.2, 0.25) is 0 Å². The Bertz CT molecular complexity index is 798. The van der Waals surface area contributed by atoms with E-state index in [9.17, 15) is 4.79 Å². The minimum atomic E-state index is 0.266. The van der Waals surface area contributed by atoms with Crippen LogP contribution in [0, 0.1) is 0 Å². The Kier molecular flexibility index (Phi) is 5.60. The summed E-state index contributed by atoms with van der Waals surface area (Å²) in [5.74, 6) is 0.266. The summed E-state index contributed by atoms with van der Waals surface area (Å²) in [6.45, 7) is 8.09. The van der Waals surface area contributed by atoms with Crippen molar-refractivity contribution >= 4 is 17.2 Å². The number of hydrogen-bond acceptors (Lipinski definition) is 4. The summed E-state index contributed by atoms with van der Waals surface area (Å²) in [5, 5.41) is 2.11. The van der Waals surface area contributed by atoms with Gasteiger partial charge in [-0.2, -0.15) is 0 Å². The van der Waals surface area contributed by atoms with Crippen molar-refractivity contribution in [2.75, 3.05) is 13.1 Å². The summed E-state index contributed by atoms with van der Waals surface area (Å²) in [5.41, 5.74) is 4.69. The SMILES string of the molecule is CCc1ccc(CN2CCc3c(C(=O)N4CCC[C@H]4CC)csc3C2)nc1. The molecule has 0 aliphatic carbocycles. The Labute approximate surface area is 166 Å². The zero-order valence-electron chi connectivity index (χ0n) is 16.4. The quantitative estimate of drug-likeness (QED) is 0.773. The molecule has 1 fully saturated rings. The Balaban J connectivity index is 1.44. The molecule has 144 valence electrons. The number of aryl methyl sites for hydroxylation is 1. The van der Waals surface area contributed by atoms with Gasteiger partial charge in [0, 0.05) is 48.7 Å². The van der Waals surface area contributed by atoms with E-state index in [-0.39, 0.29) is 5.91 Å². The van der Waals surface area contributed by atoms with Crippen molar-refractivity contribution in [3.8, 4) is 0 Å². The molecule has 2 aliphatic heterocycles. The molecule has 4 nitrogen and oxygen atoms in total. The molecule has 0 unspecified atom stereocenters. The zero-order valence-corrected chi connectivity index (χ0v) is 17.2. The molecule has 2 aromatic heterocycles. The summed E-state index contributed by atoms with van der Waals surface area (Å²) in [7, 11) is 0. The molecule has 5 heteroatoms. The van der Waals surface area contributed by atoms with E-state index in [4.69, 9.17) is 0 Å². The van der Waals surface area contributed by atoms with Gasteiger partial charge in [0.15, 0.2) is 0 Å². The normalized spacial score (nSPS) is 20.1. The highest BCUT2D eigenvalue weighted by molar-refractivity contribution is 7.10. The van der Waals surface area contributed by atoms with E-state index >= 15 is 0 Å². The van der Waals surface area contributed by atoms with Crippen molar-refractivity contribution in [3.63, 3.8) is 0 Å². The Morgan fingerprint density at radius 3 is 2.93 bits per heavy atom. The summed E-state index contributed by atoms with van der Waals surface area (Å²) in [6, 6.07) is 4.76. The third-order valence-corrected chi connectivity index (χ3v) is 7.06. The highest BCUT2D eigenvalue weighted by atomic mass is 32.1. The summed E-state index contributed by atoms with van der Waals surface area (Å²) in [4.78, 5) is 23.6. The number of nitrogens with zero attached hydrogens (tertiary/aromatic N) is 3. The summed E-state index contributed by atoms with van der Waals surface area (Å²) in [6.07, 6.45) is 7.36. The molecule has 2 aromatic rings. The molecule has 0 saturated carbocycles. The van der Waals surface area contributed by atoms with Gasteiger partial charge in [-0.25, -0.2) is 0 Å². The van der Waals surface area contributed by atoms with Gasteiger partial charge in [-0.05, 0) is 49.3 Å². The Morgan fingerprint density at radius 2 is 2.19 bits per heavy atom. The van der Waals surface area contributed by atoms with Crippen molar-refractivity contribution in [2.45, 2.75) is 65.1 Å². The first kappa shape index (κ1) is 18.6. The Morgan fingerprint density at radius 1 is 1.30 bits per heavy atom. The zero-order chi connectivity index (χ0) is 18.8. The fraction of sp³-hybridized carbons (Fsp3) is 0.545. The molecule has 0 spiro atoms. The van der Waals surface area contributed by atoms with Crippen molar-refractivity contribution in [1.29, 1.82) is 0 Å². The average Bonchev–Trinajstić information content (AvgIpc) is 3.34. The van der Waals surface area contributed by atoms with E-state index in [1.54, 1.807) is 11.3 Å². The number of rotatable bonds is 5. The molecule has 0 radical (unpaired) electrons. The first-order chi connectivity index (χ1) is 13.2. The summed E-state index contributed by atoms with van der Waals surface area (Å²) >= 11 is 1.76. The van der Waals surface area contributed by atoms with E-state index < -0.39 is 0 Å². The van der Waals surface area contributed by atoms with E-state index in [2.05, 4.69) is 46.1 Å². The van der Waals surface area contributed by atoms with Crippen LogP contribution in [-0.2, 0) is 25.9 Å². The monoisotopic (exact) mass is 383 g/mol. The van der Waals surface area contributed by atoms with E-state index in [1.807, 2.05) is 6.20 Å². The fourth-order valence-electron chi connectivity index (χ4n) is 4.36. The van der Waals surface area contributed by atoms with E-state index in [1.165, 1.54) is 16.0 Å². The molecule has 4 rings (SSSR count). The number of hydrogen-bond donors (Lipinski definition) is 0. The first-order valence-electron chi connectivity index (χ1n) is 10.3. The molecular formula is C22H29N3OS. The molecule has 27 heavy (non-hydrogen) atoms. The third kappa shape index (κ3) is 3.81. The smallest absolute Gasteiger partial charge is 0.255 e. The van der Waals surface area contributed by atoms with Crippen LogP contribution in [0.15, 0.2) is 23.7 Å². The molecule has 1 atom stereocenters. The van der Waals surface area contributed by atoms with Gasteiger partial charge >= 0.3 is 0 Å². The second-order valence-corrected chi connectivity index (χ2v) is 8.69. The van der Waals surface area contributed by atoms with Crippen molar-refractivity contribution in [1.82, 2.24) is 14.8 Å². The van der Waals surface area contributed by atoms with Gasteiger partial charge < -0.3 is 4.90 Å². The molecule has 1 amide bonds. The van der Waals surface area contributed by atoms with Crippen LogP contribution >= 0.6 is 11.3 Å². The van der Waals surface area contributed by atoms with Gasteiger partial charge in [-0.1, -0.05) is 19.9 Å². The number of aromatic nitrogens is 1. The predicted octanol–water partition coefficient (Wildman–Crippen LogP) is 4.28. The van der Waals surface area contributed by atoms with Crippen molar-refractivity contribution in [2.24, 2.45) is 0 Å². The predicted molar refractivity (Wildman–Crippen MR) is 110 cm³/mol. The van der Waals surface area contributed by atoms with Crippen LogP contribution in [0.5, 0.6) is 0 Å². The highest BCUT2D eigenvalue weighted by Crippen LogP contribution is 2.32. The third-order valence-electron chi connectivity index (χ3n) is 6.05. The lowest BCUT2D eigenvalue weighted by molar-refractivity contribution is 0.0732. The molecule has 4 heterocycles. The number of amides is 1. The lowest BCUT2D eigenvalue weighted by Gasteiger charge is -2.28. The number of carbonyl (C=O) groups is 1. The molecule has 0 N–H and O–H groups in total. The maximum absolute atomic E-state index is 13.1. The van der Waals surface area contributed by atoms with Crippen LogP contribution in [-0.4, -0.2) is 39.8 Å². The summed E-state index contributed by atoms with van der Waals surface area (Å²) < 4.78 is 0. The fourth-order valence-corrected chi connectivity index (χ4v) is 5.48. The maximum Gasteiger partial charge on any atom is 0.255 e. The van der Waals surface area contributed by atoms with Crippen molar-refractivity contribution in [3.05, 3.63) is 51.0 Å². The van der Waals surface area contributed by atoms with Crippen LogP contribution < -0.4 is 0 Å². The van der Waals surface area contributed by atoms with Crippen LogP contribution in [0.2, 0.25) is 0 Å². The van der Waals surface area contributed by atoms with Crippen LogP contribution in [0.25, 0.3) is 0 Å². The van der Waals surface area contributed by atoms with Gasteiger partial charge in [-0.15, -0.1) is 11.3 Å². The molecule has 0 aromatic carbocycles. The molecule has 0 bridgehead atoms. The largest absolute Gasteiger partial charge is 0.336 e. The Hall–Kier alpha value is -1.72. The number of pyridine rings is 1. The molecular weight excluding hydrogens is 354 g/mol. The van der Waals surface area contributed by atoms with Crippen molar-refractivity contribution < 1.29 is 4.79 Å². The van der Waals surface area contributed by atoms with Crippen LogP contribution in [0.4, 0.5) is 0 Å². The lowest BCUT2D eigenvalue weighted by atomic mass is 10.0. The van der Waals surface area contributed by atoms with Gasteiger partial charge in [-0.3, -0.25) is 14.7 Å². The standard InChI is InChI=1S/C22H29N3OS/c1-3-16-7-8-17(23-12-16)13-24-11-9-19-20(15-27-21(19)14-24)22(26)25-10-5-6-18(25)4-2/h7-8,12,15,18H,3-6,9-11,13-14H2,1-2H3/t18-/m1/s1. The average molecular weight is 384 g/mol. The minimum absolute atomic E-state index is 0.266. The second-order valence-electron chi connectivity index (χ2n) is 7.73. The maximum atomic E-state index is 13.1. The van der Waals surface area contributed by atoms with Gasteiger partial charge in [0.1, 0.15) is 0 Å².